The number of carbonyl (C=O) groups is 3. The second kappa shape index (κ2) is 20.1. The minimum Gasteiger partial charge on any atom is -0.469 e. The highest BCUT2D eigenvalue weighted by Gasteiger charge is 2.30. The SMILES string of the molecule is CCCCCCC/C=C/[C@@H](CCCCCCCC(=O)OC)[C@H](CC(=O)OC)C(=O)OC. The van der Waals surface area contributed by atoms with E-state index in [1.54, 1.807) is 0 Å². The normalized spacial score (nSPS) is 13.0. The molecule has 0 unspecified atom stereocenters. The van der Waals surface area contributed by atoms with Gasteiger partial charge in [-0.2, -0.15) is 0 Å². The largest absolute Gasteiger partial charge is 0.469 e. The molecule has 180 valence electrons. The molecule has 0 heterocycles. The summed E-state index contributed by atoms with van der Waals surface area (Å²) >= 11 is 0. The lowest BCUT2D eigenvalue weighted by atomic mass is 9.84. The molecular formula is C25H44O6. The highest BCUT2D eigenvalue weighted by Crippen LogP contribution is 2.26. The second-order valence-electron chi connectivity index (χ2n) is 8.09. The Morgan fingerprint density at radius 3 is 2.00 bits per heavy atom. The Labute approximate surface area is 189 Å². The topological polar surface area (TPSA) is 78.9 Å². The molecule has 0 fully saturated rings. The van der Waals surface area contributed by atoms with Crippen LogP contribution in [0, 0.1) is 11.8 Å². The molecule has 0 bridgehead atoms. The van der Waals surface area contributed by atoms with Crippen LogP contribution in [0.15, 0.2) is 12.2 Å². The lowest BCUT2D eigenvalue weighted by molar-refractivity contribution is -0.153. The van der Waals surface area contributed by atoms with E-state index < -0.39 is 11.9 Å². The highest BCUT2D eigenvalue weighted by atomic mass is 16.5. The maximum absolute atomic E-state index is 12.4. The molecule has 0 aromatic carbocycles. The van der Waals surface area contributed by atoms with Crippen LogP contribution in [0.1, 0.15) is 96.8 Å². The Morgan fingerprint density at radius 2 is 1.35 bits per heavy atom. The molecule has 0 saturated heterocycles. The first-order chi connectivity index (χ1) is 15.0. The Morgan fingerprint density at radius 1 is 0.742 bits per heavy atom. The number of hydrogen-bond acceptors (Lipinski definition) is 6. The van der Waals surface area contributed by atoms with Gasteiger partial charge in [-0.1, -0.05) is 70.4 Å². The van der Waals surface area contributed by atoms with Gasteiger partial charge in [0.15, 0.2) is 0 Å². The standard InChI is InChI=1S/C25H44O6/c1-5-6-7-8-9-11-14-17-21(22(25(28)31-4)20-24(27)30-3)18-15-12-10-13-16-19-23(26)29-2/h14,17,21-22H,5-13,15-16,18-20H2,1-4H3/b17-14+/t21-,22-/m0/s1. The lowest BCUT2D eigenvalue weighted by Gasteiger charge is -2.22. The number of esters is 3. The van der Waals surface area contributed by atoms with Crippen molar-refractivity contribution in [1.29, 1.82) is 0 Å². The molecule has 0 spiro atoms. The zero-order valence-corrected chi connectivity index (χ0v) is 20.2. The predicted octanol–water partition coefficient (Wildman–Crippen LogP) is 5.78. The maximum atomic E-state index is 12.4. The van der Waals surface area contributed by atoms with Gasteiger partial charge in [0.2, 0.25) is 0 Å². The number of rotatable bonds is 19. The summed E-state index contributed by atoms with van der Waals surface area (Å²) in [5.41, 5.74) is 0. The van der Waals surface area contributed by atoms with Crippen molar-refractivity contribution in [3.05, 3.63) is 12.2 Å². The summed E-state index contributed by atoms with van der Waals surface area (Å²) < 4.78 is 14.4. The van der Waals surface area contributed by atoms with E-state index in [2.05, 4.69) is 23.8 Å². The number of methoxy groups -OCH3 is 3. The summed E-state index contributed by atoms with van der Waals surface area (Å²) in [7, 11) is 4.11. The molecule has 31 heavy (non-hydrogen) atoms. The van der Waals surface area contributed by atoms with Crippen LogP contribution in [0.4, 0.5) is 0 Å². The van der Waals surface area contributed by atoms with Gasteiger partial charge in [0.1, 0.15) is 0 Å². The molecule has 0 rings (SSSR count). The van der Waals surface area contributed by atoms with Gasteiger partial charge in [0.05, 0.1) is 33.7 Å². The molecule has 0 saturated carbocycles. The molecule has 0 N–H and O–H groups in total. The van der Waals surface area contributed by atoms with Gasteiger partial charge >= 0.3 is 17.9 Å². The number of carbonyl (C=O) groups excluding carboxylic acids is 3. The van der Waals surface area contributed by atoms with E-state index in [0.29, 0.717) is 6.42 Å². The molecule has 0 aromatic rings. The predicted molar refractivity (Wildman–Crippen MR) is 122 cm³/mol. The average Bonchev–Trinajstić information content (AvgIpc) is 2.79. The van der Waals surface area contributed by atoms with Crippen LogP contribution in [0.5, 0.6) is 0 Å². The van der Waals surface area contributed by atoms with E-state index in [-0.39, 0.29) is 24.3 Å². The quantitative estimate of drug-likeness (QED) is 0.110. The molecule has 6 heteroatoms. The van der Waals surface area contributed by atoms with Gasteiger partial charge in [-0.3, -0.25) is 14.4 Å². The molecule has 0 aliphatic heterocycles. The van der Waals surface area contributed by atoms with Crippen molar-refractivity contribution in [2.24, 2.45) is 11.8 Å². The summed E-state index contributed by atoms with van der Waals surface area (Å²) in [4.78, 5) is 35.4. The third-order valence-corrected chi connectivity index (χ3v) is 5.64. The summed E-state index contributed by atoms with van der Waals surface area (Å²) in [6, 6.07) is 0. The molecule has 0 amide bonds. The number of hydrogen-bond donors (Lipinski definition) is 0. The zero-order valence-electron chi connectivity index (χ0n) is 20.2. The van der Waals surface area contributed by atoms with Crippen molar-refractivity contribution in [3.8, 4) is 0 Å². The van der Waals surface area contributed by atoms with Crippen molar-refractivity contribution in [2.45, 2.75) is 96.8 Å². The van der Waals surface area contributed by atoms with Crippen molar-refractivity contribution < 1.29 is 28.6 Å². The minimum absolute atomic E-state index is 0.0355. The van der Waals surface area contributed by atoms with Gasteiger partial charge in [-0.05, 0) is 31.6 Å². The number of unbranched alkanes of at least 4 members (excludes halogenated alkanes) is 9. The summed E-state index contributed by atoms with van der Waals surface area (Å²) in [6.45, 7) is 2.21. The molecule has 6 nitrogen and oxygen atoms in total. The molecule has 0 aliphatic carbocycles. The first-order valence-corrected chi connectivity index (χ1v) is 11.9. The molecule has 0 radical (unpaired) electrons. The maximum Gasteiger partial charge on any atom is 0.309 e. The molecular weight excluding hydrogens is 396 g/mol. The van der Waals surface area contributed by atoms with Crippen molar-refractivity contribution in [2.75, 3.05) is 21.3 Å². The van der Waals surface area contributed by atoms with Crippen LogP contribution in [-0.2, 0) is 28.6 Å². The van der Waals surface area contributed by atoms with Crippen molar-refractivity contribution >= 4 is 17.9 Å². The third-order valence-electron chi connectivity index (χ3n) is 5.64. The van der Waals surface area contributed by atoms with E-state index in [4.69, 9.17) is 9.47 Å². The van der Waals surface area contributed by atoms with E-state index in [1.165, 1.54) is 47.0 Å². The van der Waals surface area contributed by atoms with Gasteiger partial charge in [-0.15, -0.1) is 0 Å². The second-order valence-corrected chi connectivity index (χ2v) is 8.09. The third kappa shape index (κ3) is 15.6. The fourth-order valence-electron chi connectivity index (χ4n) is 3.67. The van der Waals surface area contributed by atoms with Crippen LogP contribution in [0.25, 0.3) is 0 Å². The van der Waals surface area contributed by atoms with Crippen LogP contribution < -0.4 is 0 Å². The van der Waals surface area contributed by atoms with Crippen LogP contribution in [0.2, 0.25) is 0 Å². The molecule has 0 aliphatic rings. The lowest BCUT2D eigenvalue weighted by Crippen LogP contribution is -2.27. The van der Waals surface area contributed by atoms with Gasteiger partial charge < -0.3 is 14.2 Å². The Bertz CT molecular complexity index is 514. The monoisotopic (exact) mass is 440 g/mol. The molecule has 0 aromatic heterocycles. The van der Waals surface area contributed by atoms with Gasteiger partial charge in [0, 0.05) is 6.42 Å². The number of ether oxygens (including phenoxy) is 3. The van der Waals surface area contributed by atoms with E-state index in [9.17, 15) is 14.4 Å². The fraction of sp³-hybridized carbons (Fsp3) is 0.800. The fourth-order valence-corrected chi connectivity index (χ4v) is 3.67. The first-order valence-electron chi connectivity index (χ1n) is 11.9. The van der Waals surface area contributed by atoms with Gasteiger partial charge in [0.25, 0.3) is 0 Å². The van der Waals surface area contributed by atoms with E-state index in [0.717, 1.165) is 51.4 Å². The summed E-state index contributed by atoms with van der Waals surface area (Å²) in [5.74, 6) is -1.48. The summed E-state index contributed by atoms with van der Waals surface area (Å²) in [6.07, 6.45) is 17.5. The van der Waals surface area contributed by atoms with Gasteiger partial charge in [-0.25, -0.2) is 0 Å². The Kier molecular flexibility index (Phi) is 18.9. The van der Waals surface area contributed by atoms with Crippen molar-refractivity contribution in [3.63, 3.8) is 0 Å². The summed E-state index contributed by atoms with van der Waals surface area (Å²) in [5, 5.41) is 0. The van der Waals surface area contributed by atoms with Crippen LogP contribution >= 0.6 is 0 Å². The number of allylic oxidation sites excluding steroid dienone is 2. The molecule has 2 atom stereocenters. The Hall–Kier alpha value is -1.85. The van der Waals surface area contributed by atoms with E-state index >= 15 is 0 Å². The zero-order chi connectivity index (χ0) is 23.3. The van der Waals surface area contributed by atoms with Crippen LogP contribution in [0.3, 0.4) is 0 Å². The Balaban J connectivity index is 4.70. The minimum atomic E-state index is -0.520. The first kappa shape index (κ1) is 29.1. The van der Waals surface area contributed by atoms with Crippen molar-refractivity contribution in [1.82, 2.24) is 0 Å². The smallest absolute Gasteiger partial charge is 0.309 e. The highest BCUT2D eigenvalue weighted by molar-refractivity contribution is 5.80. The van der Waals surface area contributed by atoms with E-state index in [1.807, 2.05) is 0 Å². The average molecular weight is 441 g/mol. The van der Waals surface area contributed by atoms with Crippen LogP contribution in [-0.4, -0.2) is 39.2 Å².